The molecule has 4 nitrogen and oxygen atoms in total. The molecule has 0 fully saturated rings. The molecule has 0 amide bonds. The van der Waals surface area contributed by atoms with Crippen LogP contribution in [0.15, 0.2) is 44.2 Å². The average molecular weight is 329 g/mol. The number of halogens is 2. The Morgan fingerprint density at radius 1 is 1.37 bits per heavy atom. The van der Waals surface area contributed by atoms with Crippen LogP contribution in [0.5, 0.6) is 5.75 Å². The number of hydrogen-bond acceptors (Lipinski definition) is 4. The van der Waals surface area contributed by atoms with Crippen LogP contribution in [-0.4, -0.2) is 5.11 Å². The summed E-state index contributed by atoms with van der Waals surface area (Å²) in [6, 6.07) is 5.58. The van der Waals surface area contributed by atoms with Crippen molar-refractivity contribution >= 4 is 15.9 Å². The molecule has 0 saturated heterocycles. The lowest BCUT2D eigenvalue weighted by Gasteiger charge is -2.07. The summed E-state index contributed by atoms with van der Waals surface area (Å²) < 4.78 is 24.3. The molecule has 2 rings (SSSR count). The van der Waals surface area contributed by atoms with Gasteiger partial charge in [-0.1, -0.05) is 15.9 Å². The van der Waals surface area contributed by atoms with Gasteiger partial charge in [-0.05, 0) is 18.2 Å². The van der Waals surface area contributed by atoms with Gasteiger partial charge >= 0.3 is 0 Å². The molecule has 0 spiro atoms. The molecule has 1 heterocycles. The van der Waals surface area contributed by atoms with Crippen molar-refractivity contribution in [2.24, 2.45) is 0 Å². The second-order valence-corrected chi connectivity index (χ2v) is 4.67. The van der Waals surface area contributed by atoms with Crippen molar-refractivity contribution in [2.75, 3.05) is 0 Å². The Morgan fingerprint density at radius 2 is 2.16 bits per heavy atom. The molecule has 0 aliphatic heterocycles. The molecular formula is C13H10BrFO4. The molecule has 0 unspecified atom stereocenters. The maximum atomic E-state index is 13.5. The first-order valence-corrected chi connectivity index (χ1v) is 6.19. The monoisotopic (exact) mass is 328 g/mol. The van der Waals surface area contributed by atoms with Crippen LogP contribution >= 0.6 is 15.9 Å². The molecule has 19 heavy (non-hydrogen) atoms. The highest BCUT2D eigenvalue weighted by atomic mass is 79.9. The zero-order valence-corrected chi connectivity index (χ0v) is 11.3. The quantitative estimate of drug-likeness (QED) is 0.937. The summed E-state index contributed by atoms with van der Waals surface area (Å²) in [5, 5.41) is 8.80. The summed E-state index contributed by atoms with van der Waals surface area (Å²) in [5.74, 6) is -0.304. The molecule has 6 heteroatoms. The highest BCUT2D eigenvalue weighted by molar-refractivity contribution is 9.10. The van der Waals surface area contributed by atoms with E-state index in [1.54, 1.807) is 12.1 Å². The van der Waals surface area contributed by atoms with E-state index in [0.29, 0.717) is 5.56 Å². The van der Waals surface area contributed by atoms with Gasteiger partial charge in [-0.15, -0.1) is 0 Å². The summed E-state index contributed by atoms with van der Waals surface area (Å²) in [7, 11) is 0. The van der Waals surface area contributed by atoms with E-state index < -0.39 is 11.2 Å². The highest BCUT2D eigenvalue weighted by Gasteiger charge is 2.07. The van der Waals surface area contributed by atoms with Crippen LogP contribution < -0.4 is 10.2 Å². The second kappa shape index (κ2) is 5.99. The zero-order chi connectivity index (χ0) is 13.8. The Labute approximate surface area is 116 Å². The molecule has 0 bridgehead atoms. The topological polar surface area (TPSA) is 59.7 Å². The zero-order valence-electron chi connectivity index (χ0n) is 9.73. The van der Waals surface area contributed by atoms with Gasteiger partial charge in [0.1, 0.15) is 31.1 Å². The molecule has 1 aromatic carbocycles. The first kappa shape index (κ1) is 13.8. The molecule has 0 radical (unpaired) electrons. The van der Waals surface area contributed by atoms with Crippen molar-refractivity contribution in [3.8, 4) is 5.75 Å². The largest absolute Gasteiger partial charge is 0.482 e. The third-order valence-electron chi connectivity index (χ3n) is 2.40. The molecule has 2 aromatic rings. The van der Waals surface area contributed by atoms with Gasteiger partial charge in [0.05, 0.1) is 0 Å². The van der Waals surface area contributed by atoms with Crippen molar-refractivity contribution in [3.63, 3.8) is 0 Å². The number of benzene rings is 1. The molecule has 0 atom stereocenters. The van der Waals surface area contributed by atoms with Crippen molar-refractivity contribution < 1.29 is 18.7 Å². The third kappa shape index (κ3) is 3.42. The van der Waals surface area contributed by atoms with E-state index in [2.05, 4.69) is 15.9 Å². The standard InChI is InChI=1S/C13H10BrFO4/c14-9-1-2-11(15)8(3-9)6-19-13-7-18-10(5-16)4-12(13)17/h1-4,7,16H,5-6H2. The van der Waals surface area contributed by atoms with Crippen molar-refractivity contribution in [3.05, 3.63) is 62.4 Å². The maximum Gasteiger partial charge on any atom is 0.227 e. The van der Waals surface area contributed by atoms with Crippen LogP contribution in [0.25, 0.3) is 0 Å². The minimum atomic E-state index is -0.425. The van der Waals surface area contributed by atoms with E-state index in [-0.39, 0.29) is 24.7 Å². The lowest BCUT2D eigenvalue weighted by atomic mass is 10.2. The lowest BCUT2D eigenvalue weighted by Crippen LogP contribution is -2.08. The summed E-state index contributed by atoms with van der Waals surface area (Å²) in [6.45, 7) is -0.454. The van der Waals surface area contributed by atoms with Gasteiger partial charge in [0.15, 0.2) is 0 Å². The van der Waals surface area contributed by atoms with E-state index in [9.17, 15) is 9.18 Å². The van der Waals surface area contributed by atoms with Crippen LogP contribution in [0.3, 0.4) is 0 Å². The summed E-state index contributed by atoms with van der Waals surface area (Å²) in [5.41, 5.74) is -0.106. The van der Waals surface area contributed by atoms with Gasteiger partial charge in [-0.2, -0.15) is 0 Å². The first-order valence-electron chi connectivity index (χ1n) is 5.39. The van der Waals surface area contributed by atoms with E-state index in [0.717, 1.165) is 16.8 Å². The Morgan fingerprint density at radius 3 is 2.84 bits per heavy atom. The fourth-order valence-corrected chi connectivity index (χ4v) is 1.84. The van der Waals surface area contributed by atoms with Crippen LogP contribution in [0.2, 0.25) is 0 Å². The Balaban J connectivity index is 2.14. The first-order chi connectivity index (χ1) is 9.10. The van der Waals surface area contributed by atoms with E-state index in [1.165, 1.54) is 6.07 Å². The smallest absolute Gasteiger partial charge is 0.227 e. The predicted molar refractivity (Wildman–Crippen MR) is 69.3 cm³/mol. The number of rotatable bonds is 4. The highest BCUT2D eigenvalue weighted by Crippen LogP contribution is 2.17. The fourth-order valence-electron chi connectivity index (χ4n) is 1.44. The summed E-state index contributed by atoms with van der Waals surface area (Å²) in [4.78, 5) is 11.6. The van der Waals surface area contributed by atoms with Crippen molar-refractivity contribution in [1.82, 2.24) is 0 Å². The van der Waals surface area contributed by atoms with Crippen LogP contribution in [-0.2, 0) is 13.2 Å². The van der Waals surface area contributed by atoms with Gasteiger partial charge < -0.3 is 14.3 Å². The molecule has 1 aromatic heterocycles. The Bertz CT molecular complexity index is 639. The van der Waals surface area contributed by atoms with E-state index >= 15 is 0 Å². The molecular weight excluding hydrogens is 319 g/mol. The molecule has 0 aliphatic rings. The molecule has 1 N–H and O–H groups in total. The van der Waals surface area contributed by atoms with E-state index in [1.807, 2.05) is 0 Å². The molecule has 0 saturated carbocycles. The van der Waals surface area contributed by atoms with Crippen LogP contribution in [0, 0.1) is 5.82 Å². The number of aliphatic hydroxyl groups excluding tert-OH is 1. The summed E-state index contributed by atoms with van der Waals surface area (Å²) >= 11 is 3.23. The second-order valence-electron chi connectivity index (χ2n) is 3.76. The van der Waals surface area contributed by atoms with Crippen molar-refractivity contribution in [2.45, 2.75) is 13.2 Å². The van der Waals surface area contributed by atoms with Gasteiger partial charge in [-0.25, -0.2) is 4.39 Å². The maximum absolute atomic E-state index is 13.5. The van der Waals surface area contributed by atoms with Gasteiger partial charge in [0.2, 0.25) is 11.2 Å². The van der Waals surface area contributed by atoms with Gasteiger partial charge in [-0.3, -0.25) is 4.79 Å². The van der Waals surface area contributed by atoms with Crippen LogP contribution in [0.4, 0.5) is 4.39 Å². The number of ether oxygens (including phenoxy) is 1. The minimum Gasteiger partial charge on any atom is -0.482 e. The van der Waals surface area contributed by atoms with Gasteiger partial charge in [0.25, 0.3) is 0 Å². The average Bonchev–Trinajstić information content (AvgIpc) is 2.40. The van der Waals surface area contributed by atoms with E-state index in [4.69, 9.17) is 14.3 Å². The van der Waals surface area contributed by atoms with Gasteiger partial charge in [0, 0.05) is 16.1 Å². The fraction of sp³-hybridized carbons (Fsp3) is 0.154. The summed E-state index contributed by atoms with van der Waals surface area (Å²) in [6.07, 6.45) is 1.10. The molecule has 100 valence electrons. The Kier molecular flexibility index (Phi) is 4.34. The Hall–Kier alpha value is -1.66. The SMILES string of the molecule is O=c1cc(CO)occ1OCc1cc(Br)ccc1F. The van der Waals surface area contributed by atoms with Crippen molar-refractivity contribution in [1.29, 1.82) is 0 Å². The molecule has 0 aliphatic carbocycles. The minimum absolute atomic E-state index is 0.0309. The number of hydrogen-bond donors (Lipinski definition) is 1. The number of aliphatic hydroxyl groups is 1. The third-order valence-corrected chi connectivity index (χ3v) is 2.89. The van der Waals surface area contributed by atoms with Crippen LogP contribution in [0.1, 0.15) is 11.3 Å². The predicted octanol–water partition coefficient (Wildman–Crippen LogP) is 2.61. The normalized spacial score (nSPS) is 10.5. The lowest BCUT2D eigenvalue weighted by molar-refractivity contribution is 0.235.